The van der Waals surface area contributed by atoms with Gasteiger partial charge in [-0.3, -0.25) is 9.69 Å². The Balaban J connectivity index is 1.72. The van der Waals surface area contributed by atoms with E-state index in [9.17, 15) is 9.18 Å². The zero-order chi connectivity index (χ0) is 19.4. The number of carbonyl (C=O) groups is 1. The van der Waals surface area contributed by atoms with E-state index in [1.165, 1.54) is 11.6 Å². The molecule has 2 aromatic rings. The molecule has 140 valence electrons. The molecule has 1 fully saturated rings. The fourth-order valence-electron chi connectivity index (χ4n) is 3.84. The van der Waals surface area contributed by atoms with Crippen molar-refractivity contribution in [3.05, 3.63) is 70.5 Å². The Labute approximate surface area is 158 Å². The van der Waals surface area contributed by atoms with Crippen LogP contribution in [-0.4, -0.2) is 29.1 Å². The lowest BCUT2D eigenvalue weighted by atomic mass is 9.88. The molecule has 1 heterocycles. The van der Waals surface area contributed by atoms with Crippen LogP contribution >= 0.6 is 0 Å². The minimum absolute atomic E-state index is 0.0338. The van der Waals surface area contributed by atoms with Gasteiger partial charge in [-0.05, 0) is 55.5 Å². The highest BCUT2D eigenvalue weighted by Gasteiger charge is 2.26. The smallest absolute Gasteiger partial charge is 0.307 e. The second-order valence-corrected chi connectivity index (χ2v) is 7.17. The molecule has 1 aliphatic rings. The summed E-state index contributed by atoms with van der Waals surface area (Å²) in [6, 6.07) is 14.4. The van der Waals surface area contributed by atoms with Crippen LogP contribution in [0.4, 0.5) is 4.39 Å². The number of nitrogens with zero attached hydrogens (tertiary/aromatic N) is 2. The lowest BCUT2D eigenvalue weighted by molar-refractivity contribution is -0.136. The monoisotopic (exact) mass is 366 g/mol. The molecule has 0 aromatic heterocycles. The fourth-order valence-corrected chi connectivity index (χ4v) is 3.84. The van der Waals surface area contributed by atoms with Crippen molar-refractivity contribution < 1.29 is 14.3 Å². The molecular formula is C22H23FN2O2. The van der Waals surface area contributed by atoms with Gasteiger partial charge >= 0.3 is 5.97 Å². The van der Waals surface area contributed by atoms with Gasteiger partial charge in [0.15, 0.2) is 0 Å². The number of hydrogen-bond acceptors (Lipinski definition) is 3. The first-order chi connectivity index (χ1) is 13.0. The maximum Gasteiger partial charge on any atom is 0.307 e. The predicted octanol–water partition coefficient (Wildman–Crippen LogP) is 4.27. The predicted molar refractivity (Wildman–Crippen MR) is 101 cm³/mol. The first-order valence-electron chi connectivity index (χ1n) is 9.22. The second-order valence-electron chi connectivity index (χ2n) is 7.17. The summed E-state index contributed by atoms with van der Waals surface area (Å²) in [5.41, 5.74) is 2.95. The number of hydrogen-bond donors (Lipinski definition) is 1. The lowest BCUT2D eigenvalue weighted by Crippen LogP contribution is -2.36. The number of aliphatic carboxylic acids is 1. The van der Waals surface area contributed by atoms with Crippen LogP contribution in [0.1, 0.15) is 54.0 Å². The second kappa shape index (κ2) is 8.32. The van der Waals surface area contributed by atoms with Crippen molar-refractivity contribution in [3.63, 3.8) is 0 Å². The van der Waals surface area contributed by atoms with Gasteiger partial charge in [0.2, 0.25) is 0 Å². The van der Waals surface area contributed by atoms with Crippen LogP contribution in [0.2, 0.25) is 0 Å². The first kappa shape index (κ1) is 19.1. The molecule has 5 heteroatoms. The zero-order valence-electron chi connectivity index (χ0n) is 15.4. The summed E-state index contributed by atoms with van der Waals surface area (Å²) in [6.07, 6.45) is 2.13. The summed E-state index contributed by atoms with van der Waals surface area (Å²) < 4.78 is 14.4. The summed E-state index contributed by atoms with van der Waals surface area (Å²) >= 11 is 0. The SMILES string of the molecule is CC(c1ccc(C#N)cc1F)N1CCCC(c2ccc(CC(=O)O)cc2)C1. The Morgan fingerprint density at radius 2 is 2.07 bits per heavy atom. The number of halogens is 1. The quantitative estimate of drug-likeness (QED) is 0.858. The third-order valence-corrected chi connectivity index (χ3v) is 5.39. The number of carboxylic acids is 1. The highest BCUT2D eigenvalue weighted by Crippen LogP contribution is 2.33. The number of carboxylic acid groups (broad SMARTS) is 1. The van der Waals surface area contributed by atoms with E-state index in [2.05, 4.69) is 4.90 Å². The Morgan fingerprint density at radius 3 is 2.70 bits per heavy atom. The van der Waals surface area contributed by atoms with Crippen LogP contribution in [0.15, 0.2) is 42.5 Å². The van der Waals surface area contributed by atoms with Gasteiger partial charge in [-0.25, -0.2) is 4.39 Å². The minimum Gasteiger partial charge on any atom is -0.481 e. The molecular weight excluding hydrogens is 343 g/mol. The topological polar surface area (TPSA) is 64.3 Å². The molecule has 1 aliphatic heterocycles. The van der Waals surface area contributed by atoms with E-state index < -0.39 is 5.97 Å². The van der Waals surface area contributed by atoms with Gasteiger partial charge in [0, 0.05) is 18.2 Å². The fraction of sp³-hybridized carbons (Fsp3) is 0.364. The van der Waals surface area contributed by atoms with Gasteiger partial charge in [0.25, 0.3) is 0 Å². The molecule has 0 spiro atoms. The third kappa shape index (κ3) is 4.53. The van der Waals surface area contributed by atoms with Crippen LogP contribution in [0, 0.1) is 17.1 Å². The van der Waals surface area contributed by atoms with Gasteiger partial charge < -0.3 is 5.11 Å². The molecule has 4 nitrogen and oxygen atoms in total. The molecule has 2 atom stereocenters. The average Bonchev–Trinajstić information content (AvgIpc) is 2.67. The molecule has 1 N–H and O–H groups in total. The average molecular weight is 366 g/mol. The summed E-state index contributed by atoms with van der Waals surface area (Å²) in [6.45, 7) is 3.75. The van der Waals surface area contributed by atoms with Crippen LogP contribution in [0.3, 0.4) is 0 Å². The van der Waals surface area contributed by atoms with Crippen molar-refractivity contribution in [2.45, 2.75) is 38.1 Å². The molecule has 0 aliphatic carbocycles. The molecule has 3 rings (SSSR count). The van der Waals surface area contributed by atoms with E-state index in [1.54, 1.807) is 12.1 Å². The van der Waals surface area contributed by atoms with E-state index >= 15 is 0 Å². The Kier molecular flexibility index (Phi) is 5.88. The van der Waals surface area contributed by atoms with Gasteiger partial charge in [0.1, 0.15) is 5.82 Å². The highest BCUT2D eigenvalue weighted by atomic mass is 19.1. The molecule has 0 bridgehead atoms. The summed E-state index contributed by atoms with van der Waals surface area (Å²) in [7, 11) is 0. The molecule has 0 radical (unpaired) electrons. The number of rotatable bonds is 5. The Bertz CT molecular complexity index is 858. The minimum atomic E-state index is -0.829. The van der Waals surface area contributed by atoms with E-state index in [1.807, 2.05) is 37.3 Å². The van der Waals surface area contributed by atoms with Crippen molar-refractivity contribution >= 4 is 5.97 Å². The molecule has 0 saturated carbocycles. The van der Waals surface area contributed by atoms with E-state index in [0.29, 0.717) is 17.0 Å². The van der Waals surface area contributed by atoms with Gasteiger partial charge in [-0.1, -0.05) is 30.3 Å². The Morgan fingerprint density at radius 1 is 1.33 bits per heavy atom. The molecule has 0 amide bonds. The zero-order valence-corrected chi connectivity index (χ0v) is 15.4. The maximum atomic E-state index is 14.4. The summed E-state index contributed by atoms with van der Waals surface area (Å²) in [5, 5.41) is 17.8. The molecule has 27 heavy (non-hydrogen) atoms. The Hall–Kier alpha value is -2.71. The number of piperidine rings is 1. The number of nitriles is 1. The van der Waals surface area contributed by atoms with Gasteiger partial charge in [0.05, 0.1) is 18.1 Å². The van der Waals surface area contributed by atoms with Crippen molar-refractivity contribution in [2.75, 3.05) is 13.1 Å². The summed E-state index contributed by atoms with van der Waals surface area (Å²) in [5.74, 6) is -0.812. The lowest BCUT2D eigenvalue weighted by Gasteiger charge is -2.37. The standard InChI is InChI=1S/C22H23FN2O2/c1-15(20-9-6-17(13-24)11-21(20)23)25-10-2-3-19(14-25)18-7-4-16(5-8-18)12-22(26)27/h4-9,11,15,19H,2-3,10,12,14H2,1H3,(H,26,27). The summed E-state index contributed by atoms with van der Waals surface area (Å²) in [4.78, 5) is 13.1. The molecule has 1 saturated heterocycles. The van der Waals surface area contributed by atoms with Crippen LogP contribution in [0.25, 0.3) is 0 Å². The van der Waals surface area contributed by atoms with Crippen molar-refractivity contribution in [1.29, 1.82) is 5.26 Å². The van der Waals surface area contributed by atoms with Crippen LogP contribution < -0.4 is 0 Å². The molecule has 2 aromatic carbocycles. The van der Waals surface area contributed by atoms with E-state index in [0.717, 1.165) is 31.5 Å². The normalized spacial score (nSPS) is 18.6. The largest absolute Gasteiger partial charge is 0.481 e. The number of likely N-dealkylation sites (tertiary alicyclic amines) is 1. The van der Waals surface area contributed by atoms with Crippen molar-refractivity contribution in [2.24, 2.45) is 0 Å². The first-order valence-corrected chi connectivity index (χ1v) is 9.22. The third-order valence-electron chi connectivity index (χ3n) is 5.39. The van der Waals surface area contributed by atoms with Crippen LogP contribution in [-0.2, 0) is 11.2 Å². The number of benzene rings is 2. The van der Waals surface area contributed by atoms with Crippen molar-refractivity contribution in [1.82, 2.24) is 4.90 Å². The van der Waals surface area contributed by atoms with Crippen molar-refractivity contribution in [3.8, 4) is 6.07 Å². The maximum absolute atomic E-state index is 14.4. The van der Waals surface area contributed by atoms with Crippen LogP contribution in [0.5, 0.6) is 0 Å². The van der Waals surface area contributed by atoms with E-state index in [-0.39, 0.29) is 18.3 Å². The highest BCUT2D eigenvalue weighted by molar-refractivity contribution is 5.70. The van der Waals surface area contributed by atoms with E-state index in [4.69, 9.17) is 10.4 Å². The van der Waals surface area contributed by atoms with Gasteiger partial charge in [-0.15, -0.1) is 0 Å². The molecule has 2 unspecified atom stereocenters. The van der Waals surface area contributed by atoms with Gasteiger partial charge in [-0.2, -0.15) is 5.26 Å².